The van der Waals surface area contributed by atoms with Crippen molar-refractivity contribution in [3.8, 4) is 0 Å². The number of ether oxygens (including phenoxy) is 1. The second-order valence-corrected chi connectivity index (χ2v) is 10.9. The van der Waals surface area contributed by atoms with Crippen molar-refractivity contribution in [2.45, 2.75) is 83.7 Å². The van der Waals surface area contributed by atoms with Gasteiger partial charge in [0.05, 0.1) is 5.56 Å². The fraction of sp³-hybridized carbons (Fsp3) is 0.448. The largest absolute Gasteiger partial charge is 0.479 e. The Bertz CT molecular complexity index is 1200. The standard InChI is InChI=1S/C29H36N2O6/c1-6-7-8-23(27(35)36)37-24(30)25(32)31(19-11-9-18(10-12-19)26(33)34)20-13-14-21-22(17-20)29(4,5)16-15-28(21,2)3/h9-14,17,23,30H,6-8,15-16H2,1-5H3,(H,33,34)(H,35,36). The van der Waals surface area contributed by atoms with Crippen LogP contribution in [-0.4, -0.2) is 40.1 Å². The highest BCUT2D eigenvalue weighted by molar-refractivity contribution is 6.41. The van der Waals surface area contributed by atoms with Crippen LogP contribution in [0.5, 0.6) is 0 Å². The summed E-state index contributed by atoms with van der Waals surface area (Å²) in [5, 5.41) is 27.2. The number of aliphatic carboxylic acids is 1. The Morgan fingerprint density at radius 1 is 0.946 bits per heavy atom. The Morgan fingerprint density at radius 3 is 2.05 bits per heavy atom. The van der Waals surface area contributed by atoms with Gasteiger partial charge in [-0.3, -0.25) is 15.1 Å². The molecule has 1 aliphatic carbocycles. The van der Waals surface area contributed by atoms with Crippen LogP contribution in [0.15, 0.2) is 42.5 Å². The van der Waals surface area contributed by atoms with Crippen molar-refractivity contribution in [2.75, 3.05) is 4.90 Å². The maximum absolute atomic E-state index is 13.6. The number of amides is 1. The van der Waals surface area contributed by atoms with Crippen molar-refractivity contribution in [1.29, 1.82) is 5.41 Å². The SMILES string of the molecule is CCCCC(OC(=N)C(=O)N(c1ccc(C(=O)O)cc1)c1ccc2c(c1)C(C)(C)CCC2(C)C)C(=O)O. The molecular weight excluding hydrogens is 472 g/mol. The molecule has 198 valence electrons. The van der Waals surface area contributed by atoms with Gasteiger partial charge in [0.25, 0.3) is 5.90 Å². The van der Waals surface area contributed by atoms with Gasteiger partial charge in [-0.15, -0.1) is 0 Å². The minimum atomic E-state index is -1.31. The molecule has 0 saturated carbocycles. The number of rotatable bonds is 8. The van der Waals surface area contributed by atoms with Gasteiger partial charge in [0, 0.05) is 11.4 Å². The maximum atomic E-state index is 13.6. The van der Waals surface area contributed by atoms with E-state index in [1.54, 1.807) is 0 Å². The second-order valence-electron chi connectivity index (χ2n) is 10.9. The first-order valence-corrected chi connectivity index (χ1v) is 12.6. The molecule has 0 aromatic heterocycles. The van der Waals surface area contributed by atoms with Crippen molar-refractivity contribution < 1.29 is 29.3 Å². The molecule has 3 rings (SSSR count). The fourth-order valence-electron chi connectivity index (χ4n) is 4.77. The summed E-state index contributed by atoms with van der Waals surface area (Å²) in [5.74, 6) is -3.96. The zero-order chi connectivity index (χ0) is 27.5. The highest BCUT2D eigenvalue weighted by atomic mass is 16.5. The average molecular weight is 509 g/mol. The van der Waals surface area contributed by atoms with E-state index in [-0.39, 0.29) is 22.8 Å². The van der Waals surface area contributed by atoms with Gasteiger partial charge in [0.1, 0.15) is 0 Å². The van der Waals surface area contributed by atoms with Crippen LogP contribution in [0.1, 0.15) is 88.2 Å². The molecule has 0 aliphatic heterocycles. The first-order valence-electron chi connectivity index (χ1n) is 12.6. The van der Waals surface area contributed by atoms with Crippen LogP contribution in [0.4, 0.5) is 11.4 Å². The third kappa shape index (κ3) is 6.01. The summed E-state index contributed by atoms with van der Waals surface area (Å²) in [6.45, 7) is 10.6. The van der Waals surface area contributed by atoms with Crippen molar-refractivity contribution in [3.63, 3.8) is 0 Å². The highest BCUT2D eigenvalue weighted by Gasteiger charge is 2.38. The zero-order valence-electron chi connectivity index (χ0n) is 22.1. The van der Waals surface area contributed by atoms with Crippen LogP contribution >= 0.6 is 0 Å². The van der Waals surface area contributed by atoms with Crippen LogP contribution in [-0.2, 0) is 25.2 Å². The molecule has 8 nitrogen and oxygen atoms in total. The van der Waals surface area contributed by atoms with Crippen LogP contribution in [0.25, 0.3) is 0 Å². The van der Waals surface area contributed by atoms with E-state index in [1.165, 1.54) is 34.7 Å². The first-order chi connectivity index (χ1) is 17.3. The molecular formula is C29H36N2O6. The number of carboxylic acids is 2. The smallest absolute Gasteiger partial charge is 0.344 e. The zero-order valence-corrected chi connectivity index (χ0v) is 22.1. The fourth-order valence-corrected chi connectivity index (χ4v) is 4.77. The monoisotopic (exact) mass is 508 g/mol. The van der Waals surface area contributed by atoms with E-state index >= 15 is 0 Å². The predicted octanol–water partition coefficient (Wildman–Crippen LogP) is 6.04. The Hall–Kier alpha value is -3.68. The molecule has 37 heavy (non-hydrogen) atoms. The third-order valence-electron chi connectivity index (χ3n) is 7.22. The number of carboxylic acid groups (broad SMARTS) is 2. The predicted molar refractivity (Wildman–Crippen MR) is 142 cm³/mol. The Morgan fingerprint density at radius 2 is 1.51 bits per heavy atom. The van der Waals surface area contributed by atoms with E-state index in [2.05, 4.69) is 27.7 Å². The average Bonchev–Trinajstić information content (AvgIpc) is 2.84. The lowest BCUT2D eigenvalue weighted by Crippen LogP contribution is -2.38. The molecule has 0 heterocycles. The molecule has 2 aromatic carbocycles. The number of carbonyl (C=O) groups excluding carboxylic acids is 1. The summed E-state index contributed by atoms with van der Waals surface area (Å²) in [7, 11) is 0. The minimum absolute atomic E-state index is 0.0365. The van der Waals surface area contributed by atoms with Gasteiger partial charge in [-0.1, -0.05) is 47.1 Å². The summed E-state index contributed by atoms with van der Waals surface area (Å²) in [6, 6.07) is 11.5. The lowest BCUT2D eigenvalue weighted by molar-refractivity contribution is -0.146. The molecule has 0 saturated heterocycles. The number of fused-ring (bicyclic) bond motifs is 1. The molecule has 1 atom stereocenters. The summed E-state index contributed by atoms with van der Waals surface area (Å²) in [6.07, 6.45) is 2.19. The number of benzene rings is 2. The van der Waals surface area contributed by atoms with E-state index < -0.39 is 29.8 Å². The van der Waals surface area contributed by atoms with Crippen molar-refractivity contribution in [3.05, 3.63) is 59.2 Å². The third-order valence-corrected chi connectivity index (χ3v) is 7.22. The van der Waals surface area contributed by atoms with Gasteiger partial charge in [-0.2, -0.15) is 0 Å². The van der Waals surface area contributed by atoms with Crippen LogP contribution < -0.4 is 4.90 Å². The van der Waals surface area contributed by atoms with E-state index in [4.69, 9.17) is 10.1 Å². The van der Waals surface area contributed by atoms with Crippen LogP contribution in [0.2, 0.25) is 0 Å². The normalized spacial score (nSPS) is 16.2. The second kappa shape index (κ2) is 10.7. The molecule has 0 spiro atoms. The molecule has 1 unspecified atom stereocenters. The van der Waals surface area contributed by atoms with E-state index in [1.807, 2.05) is 25.1 Å². The number of carbonyl (C=O) groups is 3. The molecule has 0 bridgehead atoms. The van der Waals surface area contributed by atoms with Gasteiger partial charge >= 0.3 is 17.8 Å². The van der Waals surface area contributed by atoms with Crippen molar-refractivity contribution >= 4 is 35.1 Å². The topological polar surface area (TPSA) is 128 Å². The van der Waals surface area contributed by atoms with Gasteiger partial charge in [0.2, 0.25) is 0 Å². The number of aromatic carboxylic acids is 1. The number of anilines is 2. The van der Waals surface area contributed by atoms with E-state index in [9.17, 15) is 24.6 Å². The molecule has 0 fully saturated rings. The molecule has 1 aliphatic rings. The summed E-state index contributed by atoms with van der Waals surface area (Å²) >= 11 is 0. The van der Waals surface area contributed by atoms with Gasteiger partial charge in [-0.25, -0.2) is 9.59 Å². The minimum Gasteiger partial charge on any atom is -0.479 e. The lowest BCUT2D eigenvalue weighted by atomic mass is 9.63. The van der Waals surface area contributed by atoms with Crippen molar-refractivity contribution in [2.24, 2.45) is 0 Å². The maximum Gasteiger partial charge on any atom is 0.344 e. The number of nitrogens with zero attached hydrogens (tertiary/aromatic N) is 1. The molecule has 3 N–H and O–H groups in total. The van der Waals surface area contributed by atoms with Gasteiger partial charge in [-0.05, 0) is 84.0 Å². The van der Waals surface area contributed by atoms with E-state index in [0.29, 0.717) is 17.8 Å². The molecule has 2 aromatic rings. The Kier molecular flexibility index (Phi) is 8.10. The number of hydrogen-bond acceptors (Lipinski definition) is 5. The number of hydrogen-bond donors (Lipinski definition) is 3. The van der Waals surface area contributed by atoms with Crippen LogP contribution in [0.3, 0.4) is 0 Å². The first kappa shape index (κ1) is 27.9. The van der Waals surface area contributed by atoms with Crippen LogP contribution in [0, 0.1) is 5.41 Å². The molecule has 8 heteroatoms. The summed E-state index contributed by atoms with van der Waals surface area (Å²) < 4.78 is 5.35. The Balaban J connectivity index is 2.08. The number of nitrogens with one attached hydrogen (secondary N) is 1. The highest BCUT2D eigenvalue weighted by Crippen LogP contribution is 2.47. The number of unbranched alkanes of at least 4 members (excludes halogenated alkanes) is 1. The molecule has 1 amide bonds. The molecule has 0 radical (unpaired) electrons. The summed E-state index contributed by atoms with van der Waals surface area (Å²) in [4.78, 5) is 37.9. The van der Waals surface area contributed by atoms with Gasteiger partial charge in [0.15, 0.2) is 6.10 Å². The summed E-state index contributed by atoms with van der Waals surface area (Å²) in [5.41, 5.74) is 3.01. The Labute approximate surface area is 217 Å². The lowest BCUT2D eigenvalue weighted by Gasteiger charge is -2.42. The van der Waals surface area contributed by atoms with E-state index in [0.717, 1.165) is 24.8 Å². The quantitative estimate of drug-likeness (QED) is 0.295. The van der Waals surface area contributed by atoms with Crippen molar-refractivity contribution in [1.82, 2.24) is 0 Å². The van der Waals surface area contributed by atoms with Gasteiger partial charge < -0.3 is 14.9 Å².